The van der Waals surface area contributed by atoms with Crippen molar-refractivity contribution in [3.63, 3.8) is 0 Å². The molecular formula is C20H20N4O4S. The van der Waals surface area contributed by atoms with Crippen LogP contribution in [-0.4, -0.2) is 65.2 Å². The third-order valence-corrected chi connectivity index (χ3v) is 5.55. The van der Waals surface area contributed by atoms with Gasteiger partial charge in [-0.05, 0) is 23.6 Å². The largest absolute Gasteiger partial charge is 0.419 e. The summed E-state index contributed by atoms with van der Waals surface area (Å²) in [5.74, 6) is 0.457. The van der Waals surface area contributed by atoms with E-state index in [0.717, 1.165) is 4.88 Å². The highest BCUT2D eigenvalue weighted by molar-refractivity contribution is 7.13. The molecular weight excluding hydrogens is 392 g/mol. The number of benzene rings is 1. The molecule has 8 nitrogen and oxygen atoms in total. The average molecular weight is 412 g/mol. The highest BCUT2D eigenvalue weighted by atomic mass is 32.1. The zero-order valence-corrected chi connectivity index (χ0v) is 16.7. The Morgan fingerprint density at radius 2 is 1.83 bits per heavy atom. The predicted octanol–water partition coefficient (Wildman–Crippen LogP) is 2.54. The summed E-state index contributed by atoms with van der Waals surface area (Å²) in [4.78, 5) is 29.3. The smallest absolute Gasteiger partial charge is 0.261 e. The quantitative estimate of drug-likeness (QED) is 0.499. The fourth-order valence-electron chi connectivity index (χ4n) is 3.18. The van der Waals surface area contributed by atoms with Crippen LogP contribution in [0, 0.1) is 0 Å². The second-order valence-electron chi connectivity index (χ2n) is 6.55. The topological polar surface area (TPSA) is 88.8 Å². The molecule has 0 spiro atoms. The van der Waals surface area contributed by atoms with Crippen LogP contribution in [0.1, 0.15) is 26.6 Å². The molecule has 9 heteroatoms. The number of ether oxygens (including phenoxy) is 1. The van der Waals surface area contributed by atoms with Crippen molar-refractivity contribution in [2.75, 3.05) is 33.4 Å². The third-order valence-electron chi connectivity index (χ3n) is 4.69. The summed E-state index contributed by atoms with van der Waals surface area (Å²) in [6.45, 7) is 2.28. The molecule has 0 saturated carbocycles. The number of thiophene rings is 1. The van der Waals surface area contributed by atoms with Gasteiger partial charge in [-0.15, -0.1) is 21.5 Å². The summed E-state index contributed by atoms with van der Waals surface area (Å²) in [7, 11) is 1.63. The minimum Gasteiger partial charge on any atom is -0.419 e. The molecule has 0 saturated heterocycles. The van der Waals surface area contributed by atoms with Gasteiger partial charge < -0.3 is 9.15 Å². The van der Waals surface area contributed by atoms with E-state index in [1.165, 1.54) is 16.2 Å². The number of fused-ring (bicyclic) bond motifs is 1. The van der Waals surface area contributed by atoms with Crippen LogP contribution in [0.3, 0.4) is 0 Å². The van der Waals surface area contributed by atoms with Crippen molar-refractivity contribution < 1.29 is 18.7 Å². The number of methoxy groups -OCH3 is 1. The van der Waals surface area contributed by atoms with Crippen molar-refractivity contribution in [2.45, 2.75) is 6.54 Å². The molecule has 0 atom stereocenters. The van der Waals surface area contributed by atoms with E-state index in [-0.39, 0.29) is 18.4 Å². The number of aromatic nitrogens is 2. The van der Waals surface area contributed by atoms with E-state index in [0.29, 0.717) is 49.1 Å². The number of carbonyl (C=O) groups is 2. The number of amides is 2. The molecule has 3 aromatic rings. The summed E-state index contributed by atoms with van der Waals surface area (Å²) in [5, 5.41) is 10.2. The van der Waals surface area contributed by atoms with E-state index in [2.05, 4.69) is 10.2 Å². The van der Waals surface area contributed by atoms with Gasteiger partial charge in [0.1, 0.15) is 0 Å². The molecule has 29 heavy (non-hydrogen) atoms. The molecule has 2 aromatic heterocycles. The second-order valence-corrected chi connectivity index (χ2v) is 7.50. The van der Waals surface area contributed by atoms with Crippen molar-refractivity contribution in [3.05, 3.63) is 58.8 Å². The first kappa shape index (κ1) is 19.4. The van der Waals surface area contributed by atoms with Crippen LogP contribution in [-0.2, 0) is 11.3 Å². The van der Waals surface area contributed by atoms with Gasteiger partial charge >= 0.3 is 0 Å². The molecule has 0 unspecified atom stereocenters. The summed E-state index contributed by atoms with van der Waals surface area (Å²) in [6.07, 6.45) is 0. The highest BCUT2D eigenvalue weighted by Crippen LogP contribution is 2.24. The Kier molecular flexibility index (Phi) is 5.79. The fraction of sp³-hybridized carbons (Fsp3) is 0.300. The normalized spacial score (nSPS) is 13.5. The van der Waals surface area contributed by atoms with Crippen LogP contribution in [0.15, 0.2) is 46.2 Å². The highest BCUT2D eigenvalue weighted by Gasteiger charge is 2.35. The lowest BCUT2D eigenvalue weighted by Crippen LogP contribution is -2.39. The number of hydrogen-bond donors (Lipinski definition) is 0. The van der Waals surface area contributed by atoms with E-state index < -0.39 is 0 Å². The Morgan fingerprint density at radius 3 is 2.48 bits per heavy atom. The van der Waals surface area contributed by atoms with E-state index in [1.54, 1.807) is 31.4 Å². The van der Waals surface area contributed by atoms with Crippen LogP contribution in [0.25, 0.3) is 10.8 Å². The lowest BCUT2D eigenvalue weighted by molar-refractivity contribution is 0.0622. The first-order chi connectivity index (χ1) is 14.2. The molecule has 0 bridgehead atoms. The Bertz CT molecular complexity index is 967. The van der Waals surface area contributed by atoms with Crippen molar-refractivity contribution in [2.24, 2.45) is 0 Å². The zero-order valence-electron chi connectivity index (χ0n) is 15.9. The Hall–Kier alpha value is -2.88. The van der Waals surface area contributed by atoms with Gasteiger partial charge in [-0.2, -0.15) is 0 Å². The lowest BCUT2D eigenvalue weighted by atomic mass is 10.1. The van der Waals surface area contributed by atoms with Crippen LogP contribution < -0.4 is 0 Å². The molecule has 4 rings (SSSR count). The van der Waals surface area contributed by atoms with Crippen molar-refractivity contribution in [1.82, 2.24) is 20.0 Å². The van der Waals surface area contributed by atoms with Crippen LogP contribution in [0.4, 0.5) is 0 Å². The molecule has 0 radical (unpaired) electrons. The van der Waals surface area contributed by atoms with Gasteiger partial charge in [0.25, 0.3) is 17.7 Å². The zero-order chi connectivity index (χ0) is 20.2. The molecule has 1 aromatic carbocycles. The van der Waals surface area contributed by atoms with Gasteiger partial charge in [0, 0.05) is 26.7 Å². The van der Waals surface area contributed by atoms with Gasteiger partial charge in [0.2, 0.25) is 5.89 Å². The van der Waals surface area contributed by atoms with E-state index in [1.807, 2.05) is 22.4 Å². The molecule has 1 aliphatic rings. The lowest BCUT2D eigenvalue weighted by Gasteiger charge is -2.23. The minimum atomic E-state index is -0.255. The van der Waals surface area contributed by atoms with Gasteiger partial charge in [0.05, 0.1) is 29.2 Å². The summed E-state index contributed by atoms with van der Waals surface area (Å²) in [6, 6.07) is 10.7. The van der Waals surface area contributed by atoms with Crippen LogP contribution in [0.5, 0.6) is 0 Å². The van der Waals surface area contributed by atoms with Gasteiger partial charge in [-0.3, -0.25) is 19.4 Å². The summed E-state index contributed by atoms with van der Waals surface area (Å²) < 4.78 is 10.9. The fourth-order valence-corrected chi connectivity index (χ4v) is 3.83. The standard InChI is InChI=1S/C20H20N4O4S/c1-27-11-10-23(13-17-21-22-18(28-17)16-7-4-12-29-16)8-9-24-19(25)14-5-2-3-6-15(14)20(24)26/h2-7,12H,8-11,13H2,1H3. The number of rotatable bonds is 9. The van der Waals surface area contributed by atoms with Crippen LogP contribution in [0.2, 0.25) is 0 Å². The second kappa shape index (κ2) is 8.64. The van der Waals surface area contributed by atoms with E-state index >= 15 is 0 Å². The maximum atomic E-state index is 12.5. The summed E-state index contributed by atoms with van der Waals surface area (Å²) in [5.41, 5.74) is 0.914. The number of carbonyl (C=O) groups excluding carboxylic acids is 2. The SMILES string of the molecule is COCCN(CCN1C(=O)c2ccccc2C1=O)Cc1nnc(-c2cccs2)o1. The monoisotopic (exact) mass is 412 g/mol. The Labute approximate surface area is 171 Å². The number of hydrogen-bond acceptors (Lipinski definition) is 8. The number of imide groups is 1. The van der Waals surface area contributed by atoms with Gasteiger partial charge in [0.15, 0.2) is 0 Å². The van der Waals surface area contributed by atoms with Gasteiger partial charge in [-0.25, -0.2) is 0 Å². The van der Waals surface area contributed by atoms with Gasteiger partial charge in [-0.1, -0.05) is 18.2 Å². The van der Waals surface area contributed by atoms with Crippen LogP contribution >= 0.6 is 11.3 Å². The Balaban J connectivity index is 1.42. The van der Waals surface area contributed by atoms with Crippen molar-refractivity contribution >= 4 is 23.2 Å². The third kappa shape index (κ3) is 4.12. The maximum Gasteiger partial charge on any atom is 0.261 e. The van der Waals surface area contributed by atoms with Crippen molar-refractivity contribution in [3.8, 4) is 10.8 Å². The predicted molar refractivity (Wildman–Crippen MR) is 107 cm³/mol. The molecule has 2 amide bonds. The minimum absolute atomic E-state index is 0.255. The molecule has 0 aliphatic carbocycles. The molecule has 3 heterocycles. The van der Waals surface area contributed by atoms with E-state index in [4.69, 9.17) is 9.15 Å². The van der Waals surface area contributed by atoms with Crippen molar-refractivity contribution in [1.29, 1.82) is 0 Å². The summed E-state index contributed by atoms with van der Waals surface area (Å²) >= 11 is 1.53. The molecule has 0 fully saturated rings. The molecule has 150 valence electrons. The first-order valence-electron chi connectivity index (χ1n) is 9.20. The maximum absolute atomic E-state index is 12.5. The average Bonchev–Trinajstić information content (AvgIpc) is 3.47. The number of nitrogens with zero attached hydrogens (tertiary/aromatic N) is 4. The molecule has 1 aliphatic heterocycles. The molecule has 0 N–H and O–H groups in total. The first-order valence-corrected chi connectivity index (χ1v) is 10.1. The Morgan fingerprint density at radius 1 is 1.07 bits per heavy atom. The van der Waals surface area contributed by atoms with E-state index in [9.17, 15) is 9.59 Å².